The Labute approximate surface area is 141 Å². The quantitative estimate of drug-likeness (QED) is 0.819. The predicted molar refractivity (Wildman–Crippen MR) is 91.1 cm³/mol. The highest BCUT2D eigenvalue weighted by Crippen LogP contribution is 2.20. The van der Waals surface area contributed by atoms with Crippen molar-refractivity contribution in [2.24, 2.45) is 0 Å². The van der Waals surface area contributed by atoms with Gasteiger partial charge in [-0.3, -0.25) is 4.79 Å². The fraction of sp³-hybridized carbons (Fsp3) is 0.263. The normalized spacial score (nSPS) is 11.6. The minimum atomic E-state index is -1.07. The molecule has 0 saturated carbocycles. The molecule has 0 saturated heterocycles. The smallest absolute Gasteiger partial charge is 0.326 e. The summed E-state index contributed by atoms with van der Waals surface area (Å²) in [5.74, 6) is -0.904. The maximum atomic E-state index is 12.0. The molecule has 2 rings (SSSR count). The molecule has 0 heterocycles. The van der Waals surface area contributed by atoms with Gasteiger partial charge >= 0.3 is 5.97 Å². The minimum Gasteiger partial charge on any atom is -0.483 e. The molecule has 5 heteroatoms. The number of hydrogen-bond acceptors (Lipinski definition) is 3. The highest BCUT2D eigenvalue weighted by molar-refractivity contribution is 5.84. The molecule has 2 aromatic rings. The van der Waals surface area contributed by atoms with Crippen LogP contribution in [0.3, 0.4) is 0 Å². The average molecular weight is 327 g/mol. The number of aliphatic carboxylic acids is 1. The summed E-state index contributed by atoms with van der Waals surface area (Å²) in [6, 6.07) is 13.8. The Morgan fingerprint density at radius 2 is 1.79 bits per heavy atom. The third-order valence-corrected chi connectivity index (χ3v) is 3.83. The summed E-state index contributed by atoms with van der Waals surface area (Å²) < 4.78 is 5.51. The van der Waals surface area contributed by atoms with Gasteiger partial charge in [0.1, 0.15) is 11.8 Å². The van der Waals surface area contributed by atoms with E-state index in [0.717, 1.165) is 16.7 Å². The number of hydrogen-bond donors (Lipinski definition) is 2. The zero-order chi connectivity index (χ0) is 17.5. The summed E-state index contributed by atoms with van der Waals surface area (Å²) in [4.78, 5) is 23.4. The summed E-state index contributed by atoms with van der Waals surface area (Å²) in [6.45, 7) is 3.66. The number of ether oxygens (including phenoxy) is 1. The molecule has 126 valence electrons. The van der Waals surface area contributed by atoms with E-state index < -0.39 is 17.9 Å². The van der Waals surface area contributed by atoms with Crippen LogP contribution < -0.4 is 10.1 Å². The maximum Gasteiger partial charge on any atom is 0.326 e. The summed E-state index contributed by atoms with van der Waals surface area (Å²) in [6.07, 6.45) is 0.228. The van der Waals surface area contributed by atoms with Gasteiger partial charge in [0.15, 0.2) is 6.61 Å². The van der Waals surface area contributed by atoms with Gasteiger partial charge in [-0.15, -0.1) is 0 Å². The lowest BCUT2D eigenvalue weighted by Crippen LogP contribution is -2.44. The van der Waals surface area contributed by atoms with Gasteiger partial charge < -0.3 is 15.2 Å². The highest BCUT2D eigenvalue weighted by atomic mass is 16.5. The number of carboxylic acid groups (broad SMARTS) is 1. The molecule has 2 N–H and O–H groups in total. The van der Waals surface area contributed by atoms with E-state index >= 15 is 0 Å². The topological polar surface area (TPSA) is 75.6 Å². The average Bonchev–Trinajstić information content (AvgIpc) is 2.56. The molecule has 0 fully saturated rings. The monoisotopic (exact) mass is 327 g/mol. The van der Waals surface area contributed by atoms with E-state index in [1.807, 2.05) is 56.3 Å². The lowest BCUT2D eigenvalue weighted by molar-refractivity contribution is -0.142. The molecule has 0 bridgehead atoms. The number of carboxylic acids is 1. The fourth-order valence-electron chi connectivity index (χ4n) is 2.31. The van der Waals surface area contributed by atoms with Gasteiger partial charge in [0, 0.05) is 6.42 Å². The summed E-state index contributed by atoms with van der Waals surface area (Å²) >= 11 is 0. The number of benzene rings is 2. The van der Waals surface area contributed by atoms with Crippen molar-refractivity contribution in [3.05, 3.63) is 65.2 Å². The van der Waals surface area contributed by atoms with Crippen LogP contribution in [0.15, 0.2) is 48.5 Å². The number of aryl methyl sites for hydroxylation is 1. The molecule has 5 nitrogen and oxygen atoms in total. The van der Waals surface area contributed by atoms with Crippen molar-refractivity contribution >= 4 is 11.9 Å². The Hall–Kier alpha value is -2.82. The summed E-state index contributed by atoms with van der Waals surface area (Å²) in [5.41, 5.74) is 2.88. The molecule has 0 spiro atoms. The van der Waals surface area contributed by atoms with E-state index in [1.165, 1.54) is 0 Å². The van der Waals surface area contributed by atoms with Gasteiger partial charge in [0.2, 0.25) is 0 Å². The molecular weight excluding hydrogens is 306 g/mol. The Morgan fingerprint density at radius 1 is 1.08 bits per heavy atom. The van der Waals surface area contributed by atoms with Crippen molar-refractivity contribution in [3.63, 3.8) is 0 Å². The van der Waals surface area contributed by atoms with Crippen LogP contribution in [-0.4, -0.2) is 29.6 Å². The first kappa shape index (κ1) is 17.5. The molecule has 1 atom stereocenters. The standard InChI is InChI=1S/C19H21NO4/c1-13-7-6-10-17(14(13)2)24-12-18(21)20-16(19(22)23)11-15-8-4-3-5-9-15/h3-10,16H,11-12H2,1-2H3,(H,20,21)(H,22,23). The van der Waals surface area contributed by atoms with Crippen molar-refractivity contribution in [1.29, 1.82) is 0 Å². The van der Waals surface area contributed by atoms with Gasteiger partial charge in [0.25, 0.3) is 5.91 Å². The lowest BCUT2D eigenvalue weighted by Gasteiger charge is -2.16. The third kappa shape index (κ3) is 4.84. The summed E-state index contributed by atoms with van der Waals surface area (Å²) in [5, 5.41) is 11.8. The van der Waals surface area contributed by atoms with E-state index in [4.69, 9.17) is 4.74 Å². The van der Waals surface area contributed by atoms with Crippen LogP contribution >= 0.6 is 0 Å². The largest absolute Gasteiger partial charge is 0.483 e. The summed E-state index contributed by atoms with van der Waals surface area (Å²) in [7, 11) is 0. The first-order valence-electron chi connectivity index (χ1n) is 7.72. The molecule has 2 aromatic carbocycles. The van der Waals surface area contributed by atoms with E-state index in [-0.39, 0.29) is 13.0 Å². The maximum absolute atomic E-state index is 12.0. The van der Waals surface area contributed by atoms with E-state index in [2.05, 4.69) is 5.32 Å². The van der Waals surface area contributed by atoms with Crippen LogP contribution in [-0.2, 0) is 16.0 Å². The number of nitrogens with one attached hydrogen (secondary N) is 1. The molecule has 0 aliphatic carbocycles. The van der Waals surface area contributed by atoms with Crippen LogP contribution in [0.1, 0.15) is 16.7 Å². The van der Waals surface area contributed by atoms with Gasteiger partial charge in [-0.25, -0.2) is 4.79 Å². The van der Waals surface area contributed by atoms with Gasteiger partial charge in [-0.05, 0) is 36.6 Å². The third-order valence-electron chi connectivity index (χ3n) is 3.83. The Bertz CT molecular complexity index is 713. The number of carbonyl (C=O) groups excluding carboxylic acids is 1. The molecule has 1 amide bonds. The fourth-order valence-corrected chi connectivity index (χ4v) is 2.31. The number of carbonyl (C=O) groups is 2. The molecule has 1 unspecified atom stereocenters. The van der Waals surface area contributed by atoms with Crippen LogP contribution in [0.25, 0.3) is 0 Å². The van der Waals surface area contributed by atoms with Crippen molar-refractivity contribution < 1.29 is 19.4 Å². The molecule has 0 aliphatic rings. The second kappa shape index (κ2) is 8.15. The van der Waals surface area contributed by atoms with E-state index in [0.29, 0.717) is 5.75 Å². The van der Waals surface area contributed by atoms with Crippen molar-refractivity contribution in [3.8, 4) is 5.75 Å². The number of rotatable bonds is 7. The number of amides is 1. The van der Waals surface area contributed by atoms with Gasteiger partial charge in [-0.2, -0.15) is 0 Å². The lowest BCUT2D eigenvalue weighted by atomic mass is 10.1. The Kier molecular flexibility index (Phi) is 5.95. The van der Waals surface area contributed by atoms with Crippen LogP contribution in [0, 0.1) is 13.8 Å². The van der Waals surface area contributed by atoms with E-state index in [9.17, 15) is 14.7 Å². The molecule has 24 heavy (non-hydrogen) atoms. The van der Waals surface area contributed by atoms with Gasteiger partial charge in [-0.1, -0.05) is 42.5 Å². The Balaban J connectivity index is 1.93. The zero-order valence-corrected chi connectivity index (χ0v) is 13.8. The second-order valence-electron chi connectivity index (χ2n) is 5.63. The molecular formula is C19H21NO4. The molecule has 0 aliphatic heterocycles. The minimum absolute atomic E-state index is 0.219. The first-order chi connectivity index (χ1) is 11.5. The van der Waals surface area contributed by atoms with Crippen LogP contribution in [0.2, 0.25) is 0 Å². The van der Waals surface area contributed by atoms with Crippen molar-refractivity contribution in [2.45, 2.75) is 26.3 Å². The SMILES string of the molecule is Cc1cccc(OCC(=O)NC(Cc2ccccc2)C(=O)O)c1C. The molecule has 0 radical (unpaired) electrons. The second-order valence-corrected chi connectivity index (χ2v) is 5.63. The van der Waals surface area contributed by atoms with Gasteiger partial charge in [0.05, 0.1) is 0 Å². The molecule has 0 aromatic heterocycles. The van der Waals surface area contributed by atoms with E-state index in [1.54, 1.807) is 6.07 Å². The van der Waals surface area contributed by atoms with Crippen molar-refractivity contribution in [2.75, 3.05) is 6.61 Å². The van der Waals surface area contributed by atoms with Crippen LogP contribution in [0.5, 0.6) is 5.75 Å². The zero-order valence-electron chi connectivity index (χ0n) is 13.8. The predicted octanol–water partition coefficient (Wildman–Crippen LogP) is 2.49. The first-order valence-corrected chi connectivity index (χ1v) is 7.72. The Morgan fingerprint density at radius 3 is 2.46 bits per heavy atom. The highest BCUT2D eigenvalue weighted by Gasteiger charge is 2.20. The van der Waals surface area contributed by atoms with Crippen molar-refractivity contribution in [1.82, 2.24) is 5.32 Å². The van der Waals surface area contributed by atoms with Crippen LogP contribution in [0.4, 0.5) is 0 Å².